The molecule has 12 heteroatoms. The molecule has 0 saturated heterocycles. The van der Waals surface area contributed by atoms with Gasteiger partial charge in [-0.25, -0.2) is 19.3 Å². The van der Waals surface area contributed by atoms with Crippen molar-refractivity contribution in [3.8, 4) is 17.1 Å². The summed E-state index contributed by atoms with van der Waals surface area (Å²) in [6.45, 7) is 0.307. The number of benzene rings is 1. The Balaban J connectivity index is 1.71. The summed E-state index contributed by atoms with van der Waals surface area (Å²) in [5.41, 5.74) is 0.343. The molecular weight excluding hydrogens is 491 g/mol. The van der Waals surface area contributed by atoms with Gasteiger partial charge in [0, 0.05) is 28.5 Å². The molecule has 11 nitrogen and oxygen atoms in total. The highest BCUT2D eigenvalue weighted by atomic mass is 19.1. The molecule has 4 aromatic rings. The van der Waals surface area contributed by atoms with Crippen molar-refractivity contribution in [3.05, 3.63) is 72.1 Å². The minimum Gasteiger partial charge on any atom is -0.494 e. The van der Waals surface area contributed by atoms with Gasteiger partial charge in [-0.1, -0.05) is 12.1 Å². The average molecular weight is 522 g/mol. The molecule has 0 spiro atoms. The van der Waals surface area contributed by atoms with Crippen molar-refractivity contribution in [3.63, 3.8) is 0 Å². The zero-order valence-electron chi connectivity index (χ0n) is 23.8. The fourth-order valence-electron chi connectivity index (χ4n) is 3.47. The Bertz CT molecular complexity index is 1530. The topological polar surface area (TPSA) is 147 Å². The van der Waals surface area contributed by atoms with Crippen LogP contribution in [0.3, 0.4) is 0 Å². The first-order chi connectivity index (χ1) is 19.3. The lowest BCUT2D eigenvalue weighted by atomic mass is 10.0. The molecule has 0 bridgehead atoms. The molecule has 38 heavy (non-hydrogen) atoms. The molecule has 0 aliphatic rings. The number of amides is 1. The van der Waals surface area contributed by atoms with Crippen molar-refractivity contribution in [1.29, 1.82) is 0 Å². The first kappa shape index (κ1) is 22.5. The number of carbonyl (C=O) groups excluding carboxylic acids is 1. The molecule has 0 saturated carbocycles. The number of nitrogens with one attached hydrogen (secondary N) is 3. The summed E-state index contributed by atoms with van der Waals surface area (Å²) in [7, 11) is 1.43. The monoisotopic (exact) mass is 521 g/mol. The Labute approximate surface area is 222 Å². The molecule has 3 aromatic heterocycles. The highest BCUT2D eigenvalue weighted by Gasteiger charge is 2.20. The highest BCUT2D eigenvalue weighted by molar-refractivity contribution is 5.99. The Kier molecular flexibility index (Phi) is 6.59. The van der Waals surface area contributed by atoms with E-state index in [9.17, 15) is 14.3 Å². The van der Waals surface area contributed by atoms with Gasteiger partial charge in [0.25, 0.3) is 5.91 Å². The summed E-state index contributed by atoms with van der Waals surface area (Å²) in [4.78, 5) is 25.2. The maximum Gasteiger partial charge on any atom is 0.273 e. The van der Waals surface area contributed by atoms with Gasteiger partial charge in [0.05, 0.1) is 42.0 Å². The molecule has 4 rings (SSSR count). The molecule has 1 aromatic carbocycles. The number of carbonyl (C=O) groups is 1. The van der Waals surface area contributed by atoms with E-state index in [1.807, 2.05) is 0 Å². The van der Waals surface area contributed by atoms with E-state index in [0.29, 0.717) is 28.4 Å². The number of pyridine rings is 1. The van der Waals surface area contributed by atoms with Gasteiger partial charge in [0.15, 0.2) is 28.9 Å². The molecule has 0 radical (unpaired) electrons. The number of rotatable bonds is 9. The van der Waals surface area contributed by atoms with Crippen LogP contribution >= 0.6 is 0 Å². The number of halogens is 1. The number of aromatic nitrogens is 5. The van der Waals surface area contributed by atoms with Crippen LogP contribution in [0.25, 0.3) is 11.4 Å². The highest BCUT2D eigenvalue weighted by Crippen LogP contribution is 2.37. The third-order valence-corrected chi connectivity index (χ3v) is 5.33. The van der Waals surface area contributed by atoms with Gasteiger partial charge in [-0.15, -0.1) is 10.2 Å². The summed E-state index contributed by atoms with van der Waals surface area (Å²) in [6.07, 6.45) is 3.57. The van der Waals surface area contributed by atoms with Crippen molar-refractivity contribution >= 4 is 28.9 Å². The Morgan fingerprint density at radius 2 is 1.84 bits per heavy atom. The van der Waals surface area contributed by atoms with Crippen LogP contribution in [0.2, 0.25) is 0 Å². The fraction of sp³-hybridized carbons (Fsp3) is 0.231. The van der Waals surface area contributed by atoms with Gasteiger partial charge in [0.1, 0.15) is 5.82 Å². The Morgan fingerprint density at radius 3 is 2.50 bits per heavy atom. The normalized spacial score (nSPS) is 12.6. The van der Waals surface area contributed by atoms with E-state index >= 15 is 0 Å². The van der Waals surface area contributed by atoms with E-state index in [0.717, 1.165) is 12.4 Å². The number of aliphatic hydroxyl groups is 1. The second-order valence-electron chi connectivity index (χ2n) is 8.53. The number of hydrogen-bond donors (Lipinski definition) is 4. The van der Waals surface area contributed by atoms with Crippen LogP contribution in [0.15, 0.2) is 55.0 Å². The molecule has 0 aliphatic heterocycles. The van der Waals surface area contributed by atoms with Crippen molar-refractivity contribution in [2.45, 2.75) is 26.3 Å². The quantitative estimate of drug-likeness (QED) is 0.255. The van der Waals surface area contributed by atoms with Crippen molar-refractivity contribution in [1.82, 2.24) is 30.5 Å². The van der Waals surface area contributed by atoms with Gasteiger partial charge in [0.2, 0.25) is 0 Å². The lowest BCUT2D eigenvalue weighted by Gasteiger charge is -2.18. The summed E-state index contributed by atoms with van der Waals surface area (Å²) in [6, 6.07) is 9.87. The second-order valence-corrected chi connectivity index (χ2v) is 8.53. The molecule has 0 aliphatic carbocycles. The largest absolute Gasteiger partial charge is 0.494 e. The molecule has 1 amide bonds. The average Bonchev–Trinajstić information content (AvgIpc) is 2.92. The van der Waals surface area contributed by atoms with Gasteiger partial charge >= 0.3 is 0 Å². The van der Waals surface area contributed by atoms with Crippen LogP contribution in [-0.4, -0.2) is 49.8 Å². The molecular formula is C26H27FN8O3. The van der Waals surface area contributed by atoms with Crippen molar-refractivity contribution in [2.24, 2.45) is 0 Å². The summed E-state index contributed by atoms with van der Waals surface area (Å²) in [5, 5.41) is 26.7. The first-order valence-electron chi connectivity index (χ1n) is 12.9. The van der Waals surface area contributed by atoms with E-state index in [4.69, 9.17) is 8.85 Å². The van der Waals surface area contributed by atoms with E-state index in [1.165, 1.54) is 19.4 Å². The number of anilines is 4. The third-order valence-electron chi connectivity index (χ3n) is 5.33. The van der Waals surface area contributed by atoms with E-state index < -0.39 is 30.7 Å². The van der Waals surface area contributed by atoms with Gasteiger partial charge in [-0.05, 0) is 38.9 Å². The van der Waals surface area contributed by atoms with Crippen molar-refractivity contribution in [2.75, 3.05) is 24.3 Å². The molecule has 4 N–H and O–H groups in total. The summed E-state index contributed by atoms with van der Waals surface area (Å²) < 4.78 is 41.2. The van der Waals surface area contributed by atoms with Crippen LogP contribution in [0, 0.1) is 5.82 Å². The smallest absolute Gasteiger partial charge is 0.273 e. The number of para-hydroxylation sites is 1. The van der Waals surface area contributed by atoms with Crippen LogP contribution in [0.4, 0.5) is 27.4 Å². The molecule has 0 unspecified atom stereocenters. The number of methoxy groups -OCH3 is 1. The lowest BCUT2D eigenvalue weighted by Crippen LogP contribution is -2.25. The molecule has 196 valence electrons. The first-order valence-corrected chi connectivity index (χ1v) is 11.4. The minimum absolute atomic E-state index is 0.161. The Morgan fingerprint density at radius 1 is 1.05 bits per heavy atom. The summed E-state index contributed by atoms with van der Waals surface area (Å²) >= 11 is 0. The third kappa shape index (κ3) is 5.98. The van der Waals surface area contributed by atoms with E-state index in [-0.39, 0.29) is 23.0 Å². The second kappa shape index (κ2) is 11.1. The van der Waals surface area contributed by atoms with Gasteiger partial charge < -0.3 is 25.8 Å². The van der Waals surface area contributed by atoms with Crippen LogP contribution in [-0.2, 0) is 5.60 Å². The summed E-state index contributed by atoms with van der Waals surface area (Å²) in [5.74, 6) is -0.262. The minimum atomic E-state index is -2.40. The van der Waals surface area contributed by atoms with Gasteiger partial charge in [-0.2, -0.15) is 0 Å². The lowest BCUT2D eigenvalue weighted by molar-refractivity contribution is 0.0782. The van der Waals surface area contributed by atoms with E-state index in [2.05, 4.69) is 41.1 Å². The predicted molar refractivity (Wildman–Crippen MR) is 140 cm³/mol. The van der Waals surface area contributed by atoms with Crippen LogP contribution < -0.4 is 20.7 Å². The SMILES string of the molecule is [2H]C([2H])([2H])CNC(=O)c1nnc(Nc2ccc(C(C)(C)O)cn2)cc1Nc1cccc(-c2ncc(F)cn2)c1OC. The van der Waals surface area contributed by atoms with E-state index in [1.54, 1.807) is 44.2 Å². The zero-order valence-corrected chi connectivity index (χ0v) is 20.8. The van der Waals surface area contributed by atoms with Crippen LogP contribution in [0.1, 0.15) is 40.9 Å². The van der Waals surface area contributed by atoms with Crippen LogP contribution in [0.5, 0.6) is 5.75 Å². The molecule has 0 fully saturated rings. The Hall–Kier alpha value is -4.71. The number of hydrogen-bond acceptors (Lipinski definition) is 10. The maximum atomic E-state index is 13.4. The van der Waals surface area contributed by atoms with Crippen molar-refractivity contribution < 1.29 is 23.1 Å². The number of nitrogens with zero attached hydrogens (tertiary/aromatic N) is 5. The fourth-order valence-corrected chi connectivity index (χ4v) is 3.47. The number of ether oxygens (including phenoxy) is 1. The predicted octanol–water partition coefficient (Wildman–Crippen LogP) is 3.94. The molecule has 3 heterocycles. The zero-order chi connectivity index (χ0) is 29.8. The molecule has 0 atom stereocenters. The maximum absolute atomic E-state index is 13.4. The standard InChI is InChI=1S/C26H27FN8O3/c1-5-28-25(36)22-19(11-21(34-35-22)33-20-10-9-15(12-29-20)26(2,3)37)32-18-8-6-7-17(23(18)38-4)24-30-13-16(27)14-31-24/h6-14,37H,5H2,1-4H3,(H,28,36)(H2,29,32,33,34)/i1D3. The van der Waals surface area contributed by atoms with Gasteiger partial charge in [-0.3, -0.25) is 4.79 Å².